The van der Waals surface area contributed by atoms with E-state index in [0.29, 0.717) is 5.92 Å². The molecule has 0 aliphatic carbocycles. The second kappa shape index (κ2) is 10.1. The topological polar surface area (TPSA) is 84.7 Å². The molecule has 3 amide bonds. The summed E-state index contributed by atoms with van der Waals surface area (Å²) in [6, 6.07) is 16.5. The first-order chi connectivity index (χ1) is 14.1. The number of nitrogens with one attached hydrogen (secondary N) is 1. The number of carbonyl (C=O) groups excluding carboxylic acids is 2. The molecule has 6 heteroatoms. The number of nitrogens with two attached hydrogens (primary N) is 1. The molecule has 1 heterocycles. The van der Waals surface area contributed by atoms with Crippen molar-refractivity contribution >= 4 is 11.9 Å². The quantitative estimate of drug-likeness (QED) is 0.753. The summed E-state index contributed by atoms with van der Waals surface area (Å²) in [6.45, 7) is 1.64. The number of piperidine rings is 1. The van der Waals surface area contributed by atoms with Crippen molar-refractivity contribution in [1.82, 2.24) is 10.2 Å². The van der Waals surface area contributed by atoms with Crippen LogP contribution in [0.25, 0.3) is 0 Å². The minimum atomic E-state index is -0.815. The van der Waals surface area contributed by atoms with Crippen LogP contribution in [0.1, 0.15) is 36.4 Å². The monoisotopic (exact) mass is 395 g/mol. The van der Waals surface area contributed by atoms with Gasteiger partial charge in [0.25, 0.3) is 0 Å². The summed E-state index contributed by atoms with van der Waals surface area (Å²) in [5, 5.41) is 2.25. The maximum Gasteiger partial charge on any atom is 0.318 e. The highest BCUT2D eigenvalue weighted by atomic mass is 16.5. The number of likely N-dealkylation sites (tertiary alicyclic amines) is 1. The van der Waals surface area contributed by atoms with E-state index in [0.717, 1.165) is 50.1 Å². The lowest BCUT2D eigenvalue weighted by Crippen LogP contribution is -2.47. The Morgan fingerprint density at radius 1 is 1.10 bits per heavy atom. The van der Waals surface area contributed by atoms with Crippen molar-refractivity contribution in [3.05, 3.63) is 65.7 Å². The van der Waals surface area contributed by atoms with Crippen molar-refractivity contribution in [3.63, 3.8) is 0 Å². The van der Waals surface area contributed by atoms with Crippen LogP contribution >= 0.6 is 0 Å². The molecule has 2 aromatic rings. The molecule has 3 rings (SSSR count). The molecular weight excluding hydrogens is 366 g/mol. The summed E-state index contributed by atoms with van der Waals surface area (Å²) >= 11 is 0. The van der Waals surface area contributed by atoms with Crippen molar-refractivity contribution in [3.8, 4) is 5.75 Å². The van der Waals surface area contributed by atoms with Crippen LogP contribution in [-0.2, 0) is 11.2 Å². The molecule has 0 bridgehead atoms. The Labute approximate surface area is 172 Å². The van der Waals surface area contributed by atoms with E-state index in [4.69, 9.17) is 10.5 Å². The van der Waals surface area contributed by atoms with Gasteiger partial charge in [-0.05, 0) is 68.0 Å². The first kappa shape index (κ1) is 20.9. The van der Waals surface area contributed by atoms with Crippen molar-refractivity contribution in [2.24, 2.45) is 11.7 Å². The maximum absolute atomic E-state index is 12.6. The first-order valence-electron chi connectivity index (χ1n) is 10.1. The van der Waals surface area contributed by atoms with Crippen molar-refractivity contribution in [2.75, 3.05) is 20.2 Å². The van der Waals surface area contributed by atoms with Crippen LogP contribution in [0, 0.1) is 5.92 Å². The lowest BCUT2D eigenvalue weighted by molar-refractivity contribution is -0.126. The summed E-state index contributed by atoms with van der Waals surface area (Å²) in [5.41, 5.74) is 7.37. The molecule has 154 valence electrons. The number of amides is 3. The number of primary amides is 1. The summed E-state index contributed by atoms with van der Waals surface area (Å²) in [4.78, 5) is 26.0. The van der Waals surface area contributed by atoms with Crippen LogP contribution in [-0.4, -0.2) is 37.0 Å². The second-order valence-corrected chi connectivity index (χ2v) is 7.53. The zero-order chi connectivity index (χ0) is 20.6. The van der Waals surface area contributed by atoms with Crippen LogP contribution in [0.5, 0.6) is 5.75 Å². The SMILES string of the molecule is COc1ccc(CCC2CCN(C(C(=O)NC(N)=O)c3ccccc3)CC2)cc1. The fourth-order valence-electron chi connectivity index (χ4n) is 4.02. The number of imide groups is 1. The molecule has 2 aromatic carbocycles. The molecule has 1 saturated heterocycles. The zero-order valence-electron chi connectivity index (χ0n) is 16.8. The highest BCUT2D eigenvalue weighted by Gasteiger charge is 2.31. The number of urea groups is 1. The summed E-state index contributed by atoms with van der Waals surface area (Å²) in [6.07, 6.45) is 4.23. The van der Waals surface area contributed by atoms with Gasteiger partial charge >= 0.3 is 6.03 Å². The Morgan fingerprint density at radius 2 is 1.76 bits per heavy atom. The number of aryl methyl sites for hydroxylation is 1. The minimum Gasteiger partial charge on any atom is -0.497 e. The summed E-state index contributed by atoms with van der Waals surface area (Å²) < 4.78 is 5.21. The molecule has 1 unspecified atom stereocenters. The number of hydrogen-bond donors (Lipinski definition) is 2. The molecule has 1 aliphatic rings. The molecular formula is C23H29N3O3. The molecule has 1 aliphatic heterocycles. The lowest BCUT2D eigenvalue weighted by Gasteiger charge is -2.37. The number of methoxy groups -OCH3 is 1. The van der Waals surface area contributed by atoms with E-state index >= 15 is 0 Å². The van der Waals surface area contributed by atoms with Crippen LogP contribution in [0.2, 0.25) is 0 Å². The van der Waals surface area contributed by atoms with Gasteiger partial charge in [-0.2, -0.15) is 0 Å². The van der Waals surface area contributed by atoms with E-state index < -0.39 is 12.1 Å². The van der Waals surface area contributed by atoms with Gasteiger partial charge in [0.2, 0.25) is 5.91 Å². The van der Waals surface area contributed by atoms with Gasteiger partial charge in [-0.3, -0.25) is 15.0 Å². The molecule has 0 radical (unpaired) electrons. The molecule has 6 nitrogen and oxygen atoms in total. The van der Waals surface area contributed by atoms with Gasteiger partial charge in [0.05, 0.1) is 7.11 Å². The van der Waals surface area contributed by atoms with Gasteiger partial charge in [0.1, 0.15) is 11.8 Å². The molecule has 0 saturated carbocycles. The third-order valence-electron chi connectivity index (χ3n) is 5.62. The van der Waals surface area contributed by atoms with E-state index in [1.54, 1.807) is 7.11 Å². The predicted octanol–water partition coefficient (Wildman–Crippen LogP) is 3.28. The van der Waals surface area contributed by atoms with Gasteiger partial charge in [-0.25, -0.2) is 4.79 Å². The van der Waals surface area contributed by atoms with Crippen LogP contribution in [0.3, 0.4) is 0 Å². The molecule has 0 spiro atoms. The number of benzene rings is 2. The average Bonchev–Trinajstić information content (AvgIpc) is 2.74. The predicted molar refractivity (Wildman–Crippen MR) is 113 cm³/mol. The van der Waals surface area contributed by atoms with E-state index in [9.17, 15) is 9.59 Å². The summed E-state index contributed by atoms with van der Waals surface area (Å²) in [7, 11) is 1.68. The number of nitrogens with zero attached hydrogens (tertiary/aromatic N) is 1. The number of ether oxygens (including phenoxy) is 1. The van der Waals surface area contributed by atoms with E-state index in [-0.39, 0.29) is 5.91 Å². The minimum absolute atomic E-state index is 0.361. The van der Waals surface area contributed by atoms with E-state index in [1.807, 2.05) is 42.5 Å². The standard InChI is InChI=1S/C23H29N3O3/c1-29-20-11-9-17(10-12-20)7-8-18-13-15-26(16-14-18)21(22(27)25-23(24)28)19-5-3-2-4-6-19/h2-6,9-12,18,21H,7-8,13-16H2,1H3,(H3,24,25,27,28). The molecule has 3 N–H and O–H groups in total. The maximum atomic E-state index is 12.6. The Balaban J connectivity index is 1.57. The van der Waals surface area contributed by atoms with Crippen molar-refractivity contribution in [1.29, 1.82) is 0 Å². The Morgan fingerprint density at radius 3 is 2.34 bits per heavy atom. The molecule has 1 fully saturated rings. The smallest absolute Gasteiger partial charge is 0.318 e. The largest absolute Gasteiger partial charge is 0.497 e. The van der Waals surface area contributed by atoms with Crippen molar-refractivity contribution in [2.45, 2.75) is 31.7 Å². The fourth-order valence-corrected chi connectivity index (χ4v) is 4.02. The lowest BCUT2D eigenvalue weighted by atomic mass is 9.89. The Bertz CT molecular complexity index is 800. The van der Waals surface area contributed by atoms with Crippen LogP contribution < -0.4 is 15.8 Å². The average molecular weight is 396 g/mol. The zero-order valence-corrected chi connectivity index (χ0v) is 16.8. The van der Waals surface area contributed by atoms with Gasteiger partial charge in [0, 0.05) is 0 Å². The number of hydrogen-bond acceptors (Lipinski definition) is 4. The van der Waals surface area contributed by atoms with Gasteiger partial charge < -0.3 is 10.5 Å². The highest BCUT2D eigenvalue weighted by molar-refractivity contribution is 5.96. The summed E-state index contributed by atoms with van der Waals surface area (Å²) in [5.74, 6) is 1.15. The van der Waals surface area contributed by atoms with Gasteiger partial charge in [-0.1, -0.05) is 42.5 Å². The number of rotatable bonds is 7. The van der Waals surface area contributed by atoms with Gasteiger partial charge in [0.15, 0.2) is 0 Å². The molecule has 29 heavy (non-hydrogen) atoms. The van der Waals surface area contributed by atoms with E-state index in [1.165, 1.54) is 5.56 Å². The fraction of sp³-hybridized carbons (Fsp3) is 0.391. The van der Waals surface area contributed by atoms with Crippen LogP contribution in [0.4, 0.5) is 4.79 Å². The molecule has 1 atom stereocenters. The third-order valence-corrected chi connectivity index (χ3v) is 5.62. The molecule has 0 aromatic heterocycles. The number of carbonyl (C=O) groups is 2. The highest BCUT2D eigenvalue weighted by Crippen LogP contribution is 2.29. The van der Waals surface area contributed by atoms with Crippen LogP contribution in [0.15, 0.2) is 54.6 Å². The second-order valence-electron chi connectivity index (χ2n) is 7.53. The van der Waals surface area contributed by atoms with Crippen molar-refractivity contribution < 1.29 is 14.3 Å². The first-order valence-corrected chi connectivity index (χ1v) is 10.1. The van der Waals surface area contributed by atoms with Gasteiger partial charge in [-0.15, -0.1) is 0 Å². The Hall–Kier alpha value is -2.86. The normalized spacial score (nSPS) is 16.2. The van der Waals surface area contributed by atoms with E-state index in [2.05, 4.69) is 22.3 Å². The third kappa shape index (κ3) is 5.81. The Kier molecular flexibility index (Phi) is 7.25.